The molecule has 0 radical (unpaired) electrons. The molecular weight excluding hydrogens is 345 g/mol. The number of likely N-dealkylation sites (N-methyl/N-ethyl adjacent to an activating group) is 1. The van der Waals surface area contributed by atoms with Gasteiger partial charge in [-0.2, -0.15) is 0 Å². The Morgan fingerprint density at radius 1 is 1.32 bits per heavy atom. The number of carbonyl (C=O) groups is 1. The van der Waals surface area contributed by atoms with Crippen LogP contribution in [0.4, 0.5) is 5.69 Å². The number of benzene rings is 1. The summed E-state index contributed by atoms with van der Waals surface area (Å²) < 4.78 is 0. The van der Waals surface area contributed by atoms with Gasteiger partial charge in [-0.3, -0.25) is 9.69 Å². The molecule has 22 heavy (non-hydrogen) atoms. The molecule has 1 fully saturated rings. The Hall–Kier alpha value is -0.520. The molecule has 1 aliphatic rings. The molecule has 0 unspecified atom stereocenters. The van der Waals surface area contributed by atoms with Crippen LogP contribution in [0.15, 0.2) is 18.2 Å². The number of piperidine rings is 1. The van der Waals surface area contributed by atoms with E-state index in [9.17, 15) is 4.79 Å². The third-order valence-corrected chi connectivity index (χ3v) is 4.30. The van der Waals surface area contributed by atoms with Crippen molar-refractivity contribution in [2.45, 2.75) is 12.8 Å². The number of nitrogens with one attached hydrogen (secondary N) is 2. The van der Waals surface area contributed by atoms with Crippen LogP contribution >= 0.6 is 35.6 Å². The van der Waals surface area contributed by atoms with E-state index in [-0.39, 0.29) is 18.3 Å². The fourth-order valence-electron chi connectivity index (χ4n) is 2.61. The molecule has 0 aliphatic carbocycles. The summed E-state index contributed by atoms with van der Waals surface area (Å²) in [5, 5.41) is 7.05. The zero-order valence-corrected chi connectivity index (χ0v) is 14.9. The molecule has 0 saturated carbocycles. The molecule has 0 atom stereocenters. The maximum absolute atomic E-state index is 12.1. The van der Waals surface area contributed by atoms with Crippen molar-refractivity contribution in [3.63, 3.8) is 0 Å². The van der Waals surface area contributed by atoms with E-state index < -0.39 is 0 Å². The first-order chi connectivity index (χ1) is 10.1. The second-order valence-electron chi connectivity index (χ2n) is 5.53. The fourth-order valence-corrected chi connectivity index (χ4v) is 3.10. The lowest BCUT2D eigenvalue weighted by Gasteiger charge is -2.27. The number of amides is 1. The van der Waals surface area contributed by atoms with Gasteiger partial charge in [0.05, 0.1) is 22.3 Å². The minimum absolute atomic E-state index is 0. The predicted octanol–water partition coefficient (Wildman–Crippen LogP) is 3.29. The molecule has 124 valence electrons. The van der Waals surface area contributed by atoms with E-state index in [0.29, 0.717) is 28.2 Å². The molecule has 0 aromatic heterocycles. The van der Waals surface area contributed by atoms with Gasteiger partial charge in [-0.25, -0.2) is 0 Å². The second-order valence-corrected chi connectivity index (χ2v) is 6.35. The van der Waals surface area contributed by atoms with E-state index in [1.54, 1.807) is 18.2 Å². The van der Waals surface area contributed by atoms with Gasteiger partial charge in [0.25, 0.3) is 0 Å². The van der Waals surface area contributed by atoms with E-state index in [1.165, 1.54) is 12.8 Å². The zero-order valence-electron chi connectivity index (χ0n) is 12.6. The average Bonchev–Trinajstić information content (AvgIpc) is 2.44. The SMILES string of the molecule is CN(CC(=O)Nc1c(Cl)cccc1Cl)CC1CCNCC1.Cl. The van der Waals surface area contributed by atoms with Gasteiger partial charge in [-0.1, -0.05) is 29.3 Å². The van der Waals surface area contributed by atoms with Crippen LogP contribution < -0.4 is 10.6 Å². The monoisotopic (exact) mass is 365 g/mol. The van der Waals surface area contributed by atoms with Crippen LogP contribution in [0.1, 0.15) is 12.8 Å². The summed E-state index contributed by atoms with van der Waals surface area (Å²) in [5.41, 5.74) is 0.487. The highest BCUT2D eigenvalue weighted by Crippen LogP contribution is 2.29. The Morgan fingerprint density at radius 2 is 1.91 bits per heavy atom. The minimum atomic E-state index is -0.0959. The molecule has 0 spiro atoms. The van der Waals surface area contributed by atoms with Crippen molar-refractivity contribution in [3.05, 3.63) is 28.2 Å². The third kappa shape index (κ3) is 5.94. The van der Waals surface area contributed by atoms with Crippen molar-refractivity contribution >= 4 is 47.2 Å². The molecule has 1 aromatic rings. The number of carbonyl (C=O) groups excluding carboxylic acids is 1. The van der Waals surface area contributed by atoms with Crippen LogP contribution in [-0.2, 0) is 4.79 Å². The van der Waals surface area contributed by atoms with E-state index in [2.05, 4.69) is 15.5 Å². The van der Waals surface area contributed by atoms with Gasteiger partial charge < -0.3 is 10.6 Å². The molecule has 1 heterocycles. The molecule has 7 heteroatoms. The van der Waals surface area contributed by atoms with E-state index in [1.807, 2.05) is 7.05 Å². The van der Waals surface area contributed by atoms with Crippen molar-refractivity contribution in [1.29, 1.82) is 0 Å². The highest BCUT2D eigenvalue weighted by Gasteiger charge is 2.17. The van der Waals surface area contributed by atoms with Crippen LogP contribution in [0.3, 0.4) is 0 Å². The van der Waals surface area contributed by atoms with Crippen LogP contribution in [0.25, 0.3) is 0 Å². The maximum atomic E-state index is 12.1. The lowest BCUT2D eigenvalue weighted by atomic mass is 9.98. The molecule has 4 nitrogen and oxygen atoms in total. The first-order valence-corrected chi connectivity index (χ1v) is 7.95. The first-order valence-electron chi connectivity index (χ1n) is 7.19. The van der Waals surface area contributed by atoms with Crippen molar-refractivity contribution in [3.8, 4) is 0 Å². The first kappa shape index (κ1) is 19.5. The Bertz CT molecular complexity index is 473. The average molecular weight is 367 g/mol. The Labute approximate surface area is 147 Å². The van der Waals surface area contributed by atoms with E-state index in [0.717, 1.165) is 19.6 Å². The molecule has 0 bridgehead atoms. The third-order valence-electron chi connectivity index (χ3n) is 3.67. The summed E-state index contributed by atoms with van der Waals surface area (Å²) in [5.74, 6) is 0.564. The predicted molar refractivity (Wildman–Crippen MR) is 95.4 cm³/mol. The van der Waals surface area contributed by atoms with Gasteiger partial charge in [0.2, 0.25) is 5.91 Å². The van der Waals surface area contributed by atoms with Gasteiger partial charge in [0, 0.05) is 6.54 Å². The molecular formula is C15H22Cl3N3O. The van der Waals surface area contributed by atoms with Crippen LogP contribution in [0, 0.1) is 5.92 Å². The largest absolute Gasteiger partial charge is 0.322 e. The number of halogens is 3. The summed E-state index contributed by atoms with van der Waals surface area (Å²) in [6.45, 7) is 3.41. The highest BCUT2D eigenvalue weighted by atomic mass is 35.5. The van der Waals surface area contributed by atoms with Crippen LogP contribution in [-0.4, -0.2) is 44.0 Å². The quantitative estimate of drug-likeness (QED) is 0.840. The van der Waals surface area contributed by atoms with Crippen molar-refractivity contribution in [2.75, 3.05) is 38.5 Å². The second kappa shape index (κ2) is 9.58. The summed E-state index contributed by atoms with van der Waals surface area (Å²) in [6.07, 6.45) is 2.34. The molecule has 1 amide bonds. The van der Waals surface area contributed by atoms with Crippen LogP contribution in [0.5, 0.6) is 0 Å². The van der Waals surface area contributed by atoms with Crippen molar-refractivity contribution < 1.29 is 4.79 Å². The van der Waals surface area contributed by atoms with Crippen molar-refractivity contribution in [2.24, 2.45) is 5.92 Å². The Balaban J connectivity index is 0.00000242. The van der Waals surface area contributed by atoms with Crippen LogP contribution in [0.2, 0.25) is 10.0 Å². The van der Waals surface area contributed by atoms with Gasteiger partial charge in [-0.15, -0.1) is 12.4 Å². The fraction of sp³-hybridized carbons (Fsp3) is 0.533. The number of anilines is 1. The number of rotatable bonds is 5. The summed E-state index contributed by atoms with van der Waals surface area (Å²) >= 11 is 12.1. The van der Waals surface area contributed by atoms with Gasteiger partial charge in [0.1, 0.15) is 0 Å². The van der Waals surface area contributed by atoms with E-state index in [4.69, 9.17) is 23.2 Å². The Morgan fingerprint density at radius 3 is 2.50 bits per heavy atom. The molecule has 1 saturated heterocycles. The Kier molecular flexibility index (Phi) is 8.50. The zero-order chi connectivity index (χ0) is 15.2. The van der Waals surface area contributed by atoms with Gasteiger partial charge >= 0.3 is 0 Å². The molecule has 1 aromatic carbocycles. The highest BCUT2D eigenvalue weighted by molar-refractivity contribution is 6.39. The smallest absolute Gasteiger partial charge is 0.238 e. The number of para-hydroxylation sites is 1. The number of hydrogen-bond acceptors (Lipinski definition) is 3. The van der Waals surface area contributed by atoms with Gasteiger partial charge in [-0.05, 0) is 51.0 Å². The molecule has 1 aliphatic heterocycles. The lowest BCUT2D eigenvalue weighted by Crippen LogP contribution is -2.37. The summed E-state index contributed by atoms with van der Waals surface area (Å²) in [4.78, 5) is 14.1. The molecule has 2 rings (SSSR count). The molecule has 2 N–H and O–H groups in total. The van der Waals surface area contributed by atoms with Gasteiger partial charge in [0.15, 0.2) is 0 Å². The normalized spacial score (nSPS) is 15.5. The van der Waals surface area contributed by atoms with Crippen molar-refractivity contribution in [1.82, 2.24) is 10.2 Å². The topological polar surface area (TPSA) is 44.4 Å². The maximum Gasteiger partial charge on any atom is 0.238 e. The number of hydrogen-bond donors (Lipinski definition) is 2. The summed E-state index contributed by atoms with van der Waals surface area (Å²) in [7, 11) is 1.97. The standard InChI is InChI=1S/C15H21Cl2N3O.ClH/c1-20(9-11-5-7-18-8-6-11)10-14(21)19-15-12(16)3-2-4-13(15)17;/h2-4,11,18H,5-10H2,1H3,(H,19,21);1H. The number of nitrogens with zero attached hydrogens (tertiary/aromatic N) is 1. The minimum Gasteiger partial charge on any atom is -0.322 e. The summed E-state index contributed by atoms with van der Waals surface area (Å²) in [6, 6.07) is 5.17. The lowest BCUT2D eigenvalue weighted by molar-refractivity contribution is -0.117. The van der Waals surface area contributed by atoms with E-state index >= 15 is 0 Å².